The van der Waals surface area contributed by atoms with Gasteiger partial charge in [-0.05, 0) is 39.0 Å². The highest BCUT2D eigenvalue weighted by atomic mass is 32.1. The lowest BCUT2D eigenvalue weighted by Crippen LogP contribution is -2.22. The van der Waals surface area contributed by atoms with Crippen LogP contribution in [0.1, 0.15) is 31.1 Å². The summed E-state index contributed by atoms with van der Waals surface area (Å²) < 4.78 is 10.5. The Morgan fingerprint density at radius 1 is 1.29 bits per heavy atom. The van der Waals surface area contributed by atoms with Crippen LogP contribution in [0.5, 0.6) is 0 Å². The first-order chi connectivity index (χ1) is 7.88. The molecule has 17 heavy (non-hydrogen) atoms. The van der Waals surface area contributed by atoms with Crippen LogP contribution in [0.2, 0.25) is 0 Å². The number of carbonyl (C=O) groups excluding carboxylic acids is 1. The molecule has 0 aliphatic heterocycles. The van der Waals surface area contributed by atoms with Crippen molar-refractivity contribution in [2.75, 3.05) is 13.2 Å². The van der Waals surface area contributed by atoms with Gasteiger partial charge in [-0.15, -0.1) is 12.6 Å². The minimum absolute atomic E-state index is 0.211. The number of hydrogen-bond donors (Lipinski definition) is 1. The molecule has 0 radical (unpaired) electrons. The first-order valence-electron chi connectivity index (χ1n) is 5.48. The van der Waals surface area contributed by atoms with Crippen molar-refractivity contribution >= 4 is 18.6 Å². The molecule has 0 amide bonds. The first kappa shape index (κ1) is 14.1. The molecule has 0 N–H and O–H groups in total. The molecule has 0 spiro atoms. The molecule has 1 aromatic rings. The molecule has 94 valence electrons. The summed E-state index contributed by atoms with van der Waals surface area (Å²) in [6, 6.07) is 6.95. The van der Waals surface area contributed by atoms with Gasteiger partial charge >= 0.3 is 5.97 Å². The maximum atomic E-state index is 11.6. The molecule has 0 aromatic heterocycles. The molecule has 0 saturated carbocycles. The number of rotatable bonds is 4. The maximum absolute atomic E-state index is 11.6. The van der Waals surface area contributed by atoms with Crippen LogP contribution in [0.4, 0.5) is 0 Å². The number of benzene rings is 1. The van der Waals surface area contributed by atoms with Crippen LogP contribution in [0.25, 0.3) is 0 Å². The van der Waals surface area contributed by atoms with E-state index in [1.807, 2.05) is 26.8 Å². The molecular formula is C13H18O3S. The SMILES string of the molecule is CC(C)(C)OCCOC(=O)c1cccc(S)c1. The number of carbonyl (C=O) groups is 1. The Morgan fingerprint density at radius 3 is 2.59 bits per heavy atom. The van der Waals surface area contributed by atoms with Gasteiger partial charge in [-0.1, -0.05) is 6.07 Å². The van der Waals surface area contributed by atoms with Gasteiger partial charge in [0.2, 0.25) is 0 Å². The molecule has 0 atom stereocenters. The van der Waals surface area contributed by atoms with E-state index < -0.39 is 0 Å². The van der Waals surface area contributed by atoms with Crippen LogP contribution in [-0.2, 0) is 9.47 Å². The predicted molar refractivity (Wildman–Crippen MR) is 69.7 cm³/mol. The average molecular weight is 254 g/mol. The summed E-state index contributed by atoms with van der Waals surface area (Å²) in [6.45, 7) is 6.53. The average Bonchev–Trinajstić information content (AvgIpc) is 2.23. The fraction of sp³-hybridized carbons (Fsp3) is 0.462. The Balaban J connectivity index is 2.36. The van der Waals surface area contributed by atoms with Gasteiger partial charge in [-0.25, -0.2) is 4.79 Å². The van der Waals surface area contributed by atoms with E-state index in [1.165, 1.54) is 0 Å². The fourth-order valence-electron chi connectivity index (χ4n) is 1.20. The van der Waals surface area contributed by atoms with Crippen molar-refractivity contribution in [1.29, 1.82) is 0 Å². The van der Waals surface area contributed by atoms with E-state index in [-0.39, 0.29) is 18.2 Å². The van der Waals surface area contributed by atoms with Crippen molar-refractivity contribution in [3.05, 3.63) is 29.8 Å². The zero-order valence-electron chi connectivity index (χ0n) is 10.4. The summed E-state index contributed by atoms with van der Waals surface area (Å²) in [5.41, 5.74) is 0.297. The van der Waals surface area contributed by atoms with Gasteiger partial charge in [-0.2, -0.15) is 0 Å². The standard InChI is InChI=1S/C13H18O3S/c1-13(2,3)16-8-7-15-12(14)10-5-4-6-11(17)9-10/h4-6,9,17H,7-8H2,1-3H3. The lowest BCUT2D eigenvalue weighted by Gasteiger charge is -2.19. The van der Waals surface area contributed by atoms with Crippen LogP contribution < -0.4 is 0 Å². The van der Waals surface area contributed by atoms with E-state index in [4.69, 9.17) is 9.47 Å². The lowest BCUT2D eigenvalue weighted by molar-refractivity contribution is -0.0281. The highest BCUT2D eigenvalue weighted by Gasteiger charge is 2.11. The Morgan fingerprint density at radius 2 is 2.00 bits per heavy atom. The van der Waals surface area contributed by atoms with E-state index >= 15 is 0 Å². The summed E-state index contributed by atoms with van der Waals surface area (Å²) in [6.07, 6.45) is 0. The smallest absolute Gasteiger partial charge is 0.338 e. The summed E-state index contributed by atoms with van der Waals surface area (Å²) in [5.74, 6) is -0.349. The molecule has 0 bridgehead atoms. The molecule has 1 aromatic carbocycles. The van der Waals surface area contributed by atoms with E-state index in [0.29, 0.717) is 12.2 Å². The van der Waals surface area contributed by atoms with Crippen LogP contribution in [0.3, 0.4) is 0 Å². The fourth-order valence-corrected chi connectivity index (χ4v) is 1.42. The molecule has 3 nitrogen and oxygen atoms in total. The third-order valence-electron chi connectivity index (χ3n) is 1.93. The van der Waals surface area contributed by atoms with Crippen LogP contribution in [0.15, 0.2) is 29.2 Å². The molecule has 4 heteroatoms. The zero-order valence-corrected chi connectivity index (χ0v) is 11.3. The monoisotopic (exact) mass is 254 g/mol. The second kappa shape index (κ2) is 6.07. The van der Waals surface area contributed by atoms with Gasteiger partial charge in [-0.3, -0.25) is 0 Å². The van der Waals surface area contributed by atoms with E-state index in [9.17, 15) is 4.79 Å². The Bertz CT molecular complexity index is 382. The highest BCUT2D eigenvalue weighted by molar-refractivity contribution is 7.80. The van der Waals surface area contributed by atoms with Crippen LogP contribution >= 0.6 is 12.6 Å². The Labute approximate surface area is 108 Å². The lowest BCUT2D eigenvalue weighted by atomic mass is 10.2. The summed E-state index contributed by atoms with van der Waals surface area (Å²) in [4.78, 5) is 12.4. The summed E-state index contributed by atoms with van der Waals surface area (Å²) >= 11 is 4.16. The molecule has 0 unspecified atom stereocenters. The van der Waals surface area contributed by atoms with Crippen molar-refractivity contribution < 1.29 is 14.3 Å². The third kappa shape index (κ3) is 5.75. The largest absolute Gasteiger partial charge is 0.460 e. The summed E-state index contributed by atoms with van der Waals surface area (Å²) in [7, 11) is 0. The zero-order chi connectivity index (χ0) is 12.9. The summed E-state index contributed by atoms with van der Waals surface area (Å²) in [5, 5.41) is 0. The molecule has 0 aliphatic rings. The van der Waals surface area contributed by atoms with Gasteiger partial charge in [0.15, 0.2) is 0 Å². The van der Waals surface area contributed by atoms with Gasteiger partial charge in [0.05, 0.1) is 17.8 Å². The predicted octanol–water partition coefficient (Wildman–Crippen LogP) is 2.95. The number of hydrogen-bond acceptors (Lipinski definition) is 4. The Kier molecular flexibility index (Phi) is 5.02. The molecule has 0 fully saturated rings. The molecule has 0 saturated heterocycles. The normalized spacial score (nSPS) is 11.3. The minimum atomic E-state index is -0.349. The van der Waals surface area contributed by atoms with Crippen molar-refractivity contribution in [2.45, 2.75) is 31.3 Å². The third-order valence-corrected chi connectivity index (χ3v) is 2.21. The highest BCUT2D eigenvalue weighted by Crippen LogP contribution is 2.10. The molecule has 1 rings (SSSR count). The molecular weight excluding hydrogens is 236 g/mol. The van der Waals surface area contributed by atoms with Crippen LogP contribution in [0, 0.1) is 0 Å². The van der Waals surface area contributed by atoms with Gasteiger partial charge in [0, 0.05) is 4.90 Å². The second-order valence-electron chi connectivity index (χ2n) is 4.65. The quantitative estimate of drug-likeness (QED) is 0.510. The maximum Gasteiger partial charge on any atom is 0.338 e. The van der Waals surface area contributed by atoms with E-state index in [1.54, 1.807) is 18.2 Å². The van der Waals surface area contributed by atoms with Gasteiger partial charge in [0.1, 0.15) is 6.61 Å². The topological polar surface area (TPSA) is 35.5 Å². The minimum Gasteiger partial charge on any atom is -0.460 e. The molecule has 0 aliphatic carbocycles. The van der Waals surface area contributed by atoms with Crippen LogP contribution in [-0.4, -0.2) is 24.8 Å². The van der Waals surface area contributed by atoms with E-state index in [0.717, 1.165) is 4.90 Å². The number of ether oxygens (including phenoxy) is 2. The van der Waals surface area contributed by atoms with Gasteiger partial charge < -0.3 is 9.47 Å². The van der Waals surface area contributed by atoms with Crippen molar-refractivity contribution in [3.8, 4) is 0 Å². The molecule has 0 heterocycles. The van der Waals surface area contributed by atoms with E-state index in [2.05, 4.69) is 12.6 Å². The second-order valence-corrected chi connectivity index (χ2v) is 5.16. The van der Waals surface area contributed by atoms with Crippen molar-refractivity contribution in [3.63, 3.8) is 0 Å². The first-order valence-corrected chi connectivity index (χ1v) is 5.93. The van der Waals surface area contributed by atoms with Crippen molar-refractivity contribution in [1.82, 2.24) is 0 Å². The number of thiol groups is 1. The number of esters is 1. The van der Waals surface area contributed by atoms with Crippen molar-refractivity contribution in [2.24, 2.45) is 0 Å². The Hall–Kier alpha value is -1.00. The van der Waals surface area contributed by atoms with Gasteiger partial charge in [0.25, 0.3) is 0 Å².